The maximum atomic E-state index is 13.3. The van der Waals surface area contributed by atoms with Gasteiger partial charge in [-0.2, -0.15) is 0 Å². The maximum Gasteiger partial charge on any atom is 0.341 e. The Morgan fingerprint density at radius 3 is 2.29 bits per heavy atom. The summed E-state index contributed by atoms with van der Waals surface area (Å²) in [6.45, 7) is 7.52. The molecule has 3 aromatic rings. The summed E-state index contributed by atoms with van der Waals surface area (Å²) in [5.74, 6) is -0.835. The topological polar surface area (TPSA) is 43.4 Å². The average molecular weight is 437 g/mol. The number of thiophene rings is 2. The van der Waals surface area contributed by atoms with Gasteiger partial charge in [-0.15, -0.1) is 34.4 Å². The fourth-order valence-electron chi connectivity index (χ4n) is 2.78. The summed E-state index contributed by atoms with van der Waals surface area (Å²) in [6.07, 6.45) is 1.96. The van der Waals surface area contributed by atoms with Gasteiger partial charge in [0.25, 0.3) is 0 Å². The van der Waals surface area contributed by atoms with Gasteiger partial charge in [-0.05, 0) is 30.9 Å². The van der Waals surface area contributed by atoms with Crippen molar-refractivity contribution in [2.75, 3.05) is 12.9 Å². The van der Waals surface area contributed by atoms with Crippen LogP contribution in [0, 0.1) is 11.2 Å². The highest BCUT2D eigenvalue weighted by molar-refractivity contribution is 7.99. The van der Waals surface area contributed by atoms with Crippen LogP contribution in [0.5, 0.6) is 0 Å². The molecule has 0 aliphatic rings. The fourth-order valence-corrected chi connectivity index (χ4v) is 6.98. The van der Waals surface area contributed by atoms with Gasteiger partial charge in [0.05, 0.1) is 26.4 Å². The number of ketones is 1. The van der Waals surface area contributed by atoms with Crippen LogP contribution in [0.1, 0.15) is 47.7 Å². The second kappa shape index (κ2) is 7.97. The molecule has 0 aliphatic heterocycles. The highest BCUT2D eigenvalue weighted by Gasteiger charge is 2.33. The van der Waals surface area contributed by atoms with E-state index in [0.29, 0.717) is 10.4 Å². The summed E-state index contributed by atoms with van der Waals surface area (Å²) in [4.78, 5) is 28.2. The zero-order valence-electron chi connectivity index (χ0n) is 16.3. The standard InChI is InChI=1S/C21H21FO3S3/c1-6-25-20(24)13-15-18(28-16(13)19(23)21(2,3)4)17(26-5)14(27-15)11-7-9-12(22)10-8-11/h7-10H,6H2,1-5H3. The molecule has 0 atom stereocenters. The van der Waals surface area contributed by atoms with E-state index in [-0.39, 0.29) is 18.2 Å². The van der Waals surface area contributed by atoms with E-state index in [9.17, 15) is 14.0 Å². The molecule has 1 aromatic carbocycles. The van der Waals surface area contributed by atoms with Gasteiger partial charge in [0.15, 0.2) is 5.78 Å². The molecule has 2 aromatic heterocycles. The Bertz CT molecular complexity index is 1040. The molecule has 148 valence electrons. The summed E-state index contributed by atoms with van der Waals surface area (Å²) >= 11 is 4.36. The zero-order chi connectivity index (χ0) is 20.6. The first-order chi connectivity index (χ1) is 13.2. The second-order valence-corrected chi connectivity index (χ2v) is 10.1. The van der Waals surface area contributed by atoms with Crippen molar-refractivity contribution >= 4 is 55.6 Å². The molecule has 3 rings (SSSR count). The van der Waals surface area contributed by atoms with Gasteiger partial charge in [-0.3, -0.25) is 4.79 Å². The molecule has 0 saturated heterocycles. The zero-order valence-corrected chi connectivity index (χ0v) is 18.8. The molecular weight excluding hydrogens is 415 g/mol. The third-order valence-corrected chi connectivity index (χ3v) is 7.83. The first-order valence-corrected chi connectivity index (χ1v) is 11.7. The molecule has 0 bridgehead atoms. The predicted molar refractivity (Wildman–Crippen MR) is 117 cm³/mol. The van der Waals surface area contributed by atoms with Crippen molar-refractivity contribution in [3.63, 3.8) is 0 Å². The highest BCUT2D eigenvalue weighted by Crippen LogP contribution is 2.50. The minimum atomic E-state index is -0.604. The molecule has 0 saturated carbocycles. The maximum absolute atomic E-state index is 13.3. The smallest absolute Gasteiger partial charge is 0.341 e. The Hall–Kier alpha value is -1.70. The number of Topliss-reactive ketones (excluding diaryl/α,β-unsaturated/α-hetero) is 1. The molecule has 3 nitrogen and oxygen atoms in total. The van der Waals surface area contributed by atoms with Crippen molar-refractivity contribution in [1.29, 1.82) is 0 Å². The number of rotatable bonds is 5. The van der Waals surface area contributed by atoms with E-state index in [1.54, 1.807) is 30.8 Å². The van der Waals surface area contributed by atoms with Crippen LogP contribution >= 0.6 is 34.4 Å². The fraction of sp³-hybridized carbons (Fsp3) is 0.333. The van der Waals surface area contributed by atoms with Crippen molar-refractivity contribution in [1.82, 2.24) is 0 Å². The lowest BCUT2D eigenvalue weighted by atomic mass is 9.89. The Kier molecular flexibility index (Phi) is 5.98. The third kappa shape index (κ3) is 3.75. The van der Waals surface area contributed by atoms with Crippen LogP contribution in [0.4, 0.5) is 4.39 Å². The number of benzene rings is 1. The molecule has 0 N–H and O–H groups in total. The van der Waals surface area contributed by atoms with Crippen molar-refractivity contribution < 1.29 is 18.7 Å². The van der Waals surface area contributed by atoms with Gasteiger partial charge >= 0.3 is 5.97 Å². The Labute approximate surface area is 175 Å². The second-order valence-electron chi connectivity index (χ2n) is 7.24. The van der Waals surface area contributed by atoms with Crippen LogP contribution < -0.4 is 0 Å². The van der Waals surface area contributed by atoms with E-state index in [1.807, 2.05) is 27.0 Å². The van der Waals surface area contributed by atoms with Gasteiger partial charge < -0.3 is 4.74 Å². The molecule has 0 fully saturated rings. The lowest BCUT2D eigenvalue weighted by Gasteiger charge is -2.16. The Balaban J connectivity index is 2.28. The first-order valence-electron chi connectivity index (χ1n) is 8.80. The summed E-state index contributed by atoms with van der Waals surface area (Å²) in [5, 5.41) is 0. The summed E-state index contributed by atoms with van der Waals surface area (Å²) in [7, 11) is 0. The van der Waals surface area contributed by atoms with Crippen LogP contribution in [0.2, 0.25) is 0 Å². The molecule has 0 unspecified atom stereocenters. The number of hydrogen-bond donors (Lipinski definition) is 0. The number of ether oxygens (including phenoxy) is 1. The van der Waals surface area contributed by atoms with Crippen LogP contribution in [-0.4, -0.2) is 24.6 Å². The Morgan fingerprint density at radius 2 is 1.75 bits per heavy atom. The van der Waals surface area contributed by atoms with E-state index in [4.69, 9.17) is 4.74 Å². The summed E-state index contributed by atoms with van der Waals surface area (Å²) < 4.78 is 20.3. The van der Waals surface area contributed by atoms with Crippen molar-refractivity contribution in [2.24, 2.45) is 5.41 Å². The number of carbonyl (C=O) groups is 2. The molecule has 0 amide bonds. The van der Waals surface area contributed by atoms with E-state index in [2.05, 4.69) is 0 Å². The van der Waals surface area contributed by atoms with Crippen LogP contribution in [0.3, 0.4) is 0 Å². The van der Waals surface area contributed by atoms with Gasteiger partial charge in [0, 0.05) is 15.2 Å². The van der Waals surface area contributed by atoms with Gasteiger partial charge in [-0.1, -0.05) is 32.9 Å². The normalized spacial score (nSPS) is 11.8. The Morgan fingerprint density at radius 1 is 1.11 bits per heavy atom. The van der Waals surface area contributed by atoms with Crippen molar-refractivity contribution in [2.45, 2.75) is 32.6 Å². The molecule has 28 heavy (non-hydrogen) atoms. The average Bonchev–Trinajstić information content (AvgIpc) is 3.16. The number of halogens is 1. The molecule has 0 radical (unpaired) electrons. The minimum absolute atomic E-state index is 0.0701. The number of hydrogen-bond acceptors (Lipinski definition) is 6. The van der Waals surface area contributed by atoms with Gasteiger partial charge in [-0.25, -0.2) is 9.18 Å². The molecular formula is C21H21FO3S3. The third-order valence-electron chi connectivity index (χ3n) is 4.16. The van der Waals surface area contributed by atoms with Gasteiger partial charge in [0.1, 0.15) is 5.82 Å². The van der Waals surface area contributed by atoms with Crippen molar-refractivity contribution in [3.05, 3.63) is 40.5 Å². The molecule has 0 spiro atoms. The van der Waals surface area contributed by atoms with E-state index < -0.39 is 11.4 Å². The minimum Gasteiger partial charge on any atom is -0.462 e. The van der Waals surface area contributed by atoms with Crippen LogP contribution in [-0.2, 0) is 4.74 Å². The number of thioether (sulfide) groups is 1. The predicted octanol–water partition coefficient (Wildman–Crippen LogP) is 6.90. The molecule has 0 aliphatic carbocycles. The largest absolute Gasteiger partial charge is 0.462 e. The summed E-state index contributed by atoms with van der Waals surface area (Å²) in [6, 6.07) is 6.31. The number of esters is 1. The number of fused-ring (bicyclic) bond motifs is 1. The lowest BCUT2D eigenvalue weighted by molar-refractivity contribution is 0.0525. The molecule has 7 heteroatoms. The quantitative estimate of drug-likeness (QED) is 0.248. The van der Waals surface area contributed by atoms with Crippen LogP contribution in [0.15, 0.2) is 29.2 Å². The first kappa shape index (κ1) is 21.0. The number of carbonyl (C=O) groups excluding carboxylic acids is 2. The monoisotopic (exact) mass is 436 g/mol. The van der Waals surface area contributed by atoms with E-state index in [1.165, 1.54) is 34.8 Å². The highest BCUT2D eigenvalue weighted by atomic mass is 32.2. The van der Waals surface area contributed by atoms with E-state index >= 15 is 0 Å². The van der Waals surface area contributed by atoms with E-state index in [0.717, 1.165) is 24.7 Å². The SMILES string of the molecule is CCOC(=O)c1c(C(=O)C(C)(C)C)sc2c(SC)c(-c3ccc(F)cc3)sc12. The molecule has 2 heterocycles. The summed E-state index contributed by atoms with van der Waals surface area (Å²) in [5.41, 5.74) is 0.640. The van der Waals surface area contributed by atoms with Crippen LogP contribution in [0.25, 0.3) is 19.8 Å². The van der Waals surface area contributed by atoms with Gasteiger partial charge in [0.2, 0.25) is 0 Å². The lowest BCUT2D eigenvalue weighted by Crippen LogP contribution is -2.21. The van der Waals surface area contributed by atoms with Crippen molar-refractivity contribution in [3.8, 4) is 10.4 Å².